The van der Waals surface area contributed by atoms with Crippen LogP contribution in [0.4, 0.5) is 5.82 Å². The number of hydrogen-bond donors (Lipinski definition) is 1. The van der Waals surface area contributed by atoms with E-state index in [0.29, 0.717) is 22.7 Å². The summed E-state index contributed by atoms with van der Waals surface area (Å²) < 4.78 is 12.0. The maximum atomic E-state index is 9.72. The zero-order valence-corrected chi connectivity index (χ0v) is 16.0. The molecule has 3 aromatic rings. The van der Waals surface area contributed by atoms with Crippen molar-refractivity contribution >= 4 is 17.5 Å². The van der Waals surface area contributed by atoms with Gasteiger partial charge in [-0.1, -0.05) is 24.3 Å². The molecule has 146 valence electrons. The first-order valence-corrected chi connectivity index (χ1v) is 8.77. The Bertz CT molecular complexity index is 1220. The summed E-state index contributed by atoms with van der Waals surface area (Å²) in [5, 5.41) is 32.4. The molecular formula is C22H16N6O2. The number of nitrogen functional groups attached to an aromatic ring is 1. The predicted molar refractivity (Wildman–Crippen MR) is 110 cm³/mol. The van der Waals surface area contributed by atoms with Crippen molar-refractivity contribution in [1.82, 2.24) is 9.78 Å². The lowest BCUT2D eigenvalue weighted by Gasteiger charge is -2.09. The van der Waals surface area contributed by atoms with E-state index >= 15 is 0 Å². The zero-order chi connectivity index (χ0) is 21.5. The third-order valence-corrected chi connectivity index (χ3v) is 4.20. The minimum atomic E-state index is -0.114. The molecule has 8 heteroatoms. The Labute approximate surface area is 173 Å². The van der Waals surface area contributed by atoms with Gasteiger partial charge in [0.05, 0.1) is 18.4 Å². The number of para-hydroxylation sites is 1. The number of allylic oxidation sites excluding steroid dienone is 1. The number of benzene rings is 2. The van der Waals surface area contributed by atoms with Gasteiger partial charge in [-0.05, 0) is 35.9 Å². The predicted octanol–water partition coefficient (Wildman–Crippen LogP) is 3.30. The van der Waals surface area contributed by atoms with Crippen LogP contribution in [0.2, 0.25) is 0 Å². The van der Waals surface area contributed by atoms with E-state index in [1.54, 1.807) is 36.4 Å². The monoisotopic (exact) mass is 396 g/mol. The van der Waals surface area contributed by atoms with Gasteiger partial charge in [0.25, 0.3) is 0 Å². The molecule has 0 aliphatic heterocycles. The quantitative estimate of drug-likeness (QED) is 0.632. The Balaban J connectivity index is 2.07. The van der Waals surface area contributed by atoms with Crippen molar-refractivity contribution in [2.24, 2.45) is 0 Å². The van der Waals surface area contributed by atoms with Gasteiger partial charge >= 0.3 is 0 Å². The number of aromatic nitrogens is 2. The van der Waals surface area contributed by atoms with E-state index in [1.165, 1.54) is 11.8 Å². The van der Waals surface area contributed by atoms with E-state index in [0.717, 1.165) is 0 Å². The maximum absolute atomic E-state index is 9.72. The Morgan fingerprint density at radius 3 is 2.53 bits per heavy atom. The molecule has 2 N–H and O–H groups in total. The number of hydrogen-bond acceptors (Lipinski definition) is 7. The lowest BCUT2D eigenvalue weighted by molar-refractivity contribution is 0.329. The molecule has 0 atom stereocenters. The van der Waals surface area contributed by atoms with Crippen LogP contribution in [0.5, 0.6) is 11.5 Å². The van der Waals surface area contributed by atoms with Crippen LogP contribution in [-0.2, 0) is 0 Å². The molecular weight excluding hydrogens is 380 g/mol. The van der Waals surface area contributed by atoms with Crippen LogP contribution < -0.4 is 15.2 Å². The van der Waals surface area contributed by atoms with Gasteiger partial charge in [0.2, 0.25) is 0 Å². The second kappa shape index (κ2) is 8.97. The lowest BCUT2D eigenvalue weighted by Crippen LogP contribution is -2.02. The fourth-order valence-corrected chi connectivity index (χ4v) is 2.82. The van der Waals surface area contributed by atoms with Gasteiger partial charge in [0.1, 0.15) is 35.3 Å². The van der Waals surface area contributed by atoms with Gasteiger partial charge in [0.15, 0.2) is 18.1 Å². The van der Waals surface area contributed by atoms with Crippen LogP contribution >= 0.6 is 0 Å². The largest absolute Gasteiger partial charge is 0.493 e. The van der Waals surface area contributed by atoms with E-state index < -0.39 is 0 Å². The van der Waals surface area contributed by atoms with Gasteiger partial charge in [-0.2, -0.15) is 20.9 Å². The molecule has 0 saturated heterocycles. The molecule has 1 aromatic heterocycles. The highest BCUT2D eigenvalue weighted by atomic mass is 16.5. The molecule has 0 fully saturated rings. The van der Waals surface area contributed by atoms with Gasteiger partial charge in [0, 0.05) is 0 Å². The standard InChI is InChI=1S/C22H16N6O2/c1-29-20-12-15(7-8-19(20)30-10-9-23)11-16(13-24)21-18(14-25)22(26)28(27-21)17-5-3-2-4-6-17/h2-8,11-12H,10,26H2,1H3/b16-11-. The second-order valence-corrected chi connectivity index (χ2v) is 5.99. The Morgan fingerprint density at radius 1 is 1.13 bits per heavy atom. The van der Waals surface area contributed by atoms with Gasteiger partial charge in [-0.15, -0.1) is 0 Å². The highest BCUT2D eigenvalue weighted by Crippen LogP contribution is 2.31. The highest BCUT2D eigenvalue weighted by molar-refractivity contribution is 5.91. The first-order chi connectivity index (χ1) is 14.6. The molecule has 0 spiro atoms. The van der Waals surface area contributed by atoms with Crippen molar-refractivity contribution in [3.8, 4) is 35.4 Å². The van der Waals surface area contributed by atoms with Crippen molar-refractivity contribution < 1.29 is 9.47 Å². The number of nitriles is 3. The van der Waals surface area contributed by atoms with Crippen molar-refractivity contribution in [2.45, 2.75) is 0 Å². The fourth-order valence-electron chi connectivity index (χ4n) is 2.82. The highest BCUT2D eigenvalue weighted by Gasteiger charge is 2.20. The van der Waals surface area contributed by atoms with Crippen molar-refractivity contribution in [3.63, 3.8) is 0 Å². The van der Waals surface area contributed by atoms with Crippen molar-refractivity contribution in [1.29, 1.82) is 15.8 Å². The molecule has 0 unspecified atom stereocenters. The molecule has 0 bridgehead atoms. The topological polar surface area (TPSA) is 134 Å². The zero-order valence-electron chi connectivity index (χ0n) is 16.0. The number of ether oxygens (including phenoxy) is 2. The van der Waals surface area contributed by atoms with Crippen LogP contribution in [0.15, 0.2) is 48.5 Å². The van der Waals surface area contributed by atoms with E-state index in [9.17, 15) is 10.5 Å². The SMILES string of the molecule is COc1cc(/C=C(/C#N)c2nn(-c3ccccc3)c(N)c2C#N)ccc1OCC#N. The van der Waals surface area contributed by atoms with E-state index in [2.05, 4.69) is 11.2 Å². The third kappa shape index (κ3) is 3.91. The first-order valence-electron chi connectivity index (χ1n) is 8.77. The summed E-state index contributed by atoms with van der Waals surface area (Å²) in [7, 11) is 1.48. The molecule has 0 saturated carbocycles. The van der Waals surface area contributed by atoms with Crippen LogP contribution in [0.3, 0.4) is 0 Å². The number of rotatable bonds is 6. The molecule has 0 amide bonds. The minimum Gasteiger partial charge on any atom is -0.493 e. The summed E-state index contributed by atoms with van der Waals surface area (Å²) in [6, 6.07) is 20.1. The van der Waals surface area contributed by atoms with Gasteiger partial charge < -0.3 is 15.2 Å². The van der Waals surface area contributed by atoms with E-state index in [-0.39, 0.29) is 29.3 Å². The second-order valence-electron chi connectivity index (χ2n) is 5.99. The normalized spacial score (nSPS) is 10.5. The Hall–Kier alpha value is -4.74. The summed E-state index contributed by atoms with van der Waals surface area (Å²) in [6.45, 7) is -0.114. The minimum absolute atomic E-state index is 0.114. The van der Waals surface area contributed by atoms with Crippen LogP contribution in [-0.4, -0.2) is 23.5 Å². The molecule has 2 aromatic carbocycles. The van der Waals surface area contributed by atoms with Crippen LogP contribution in [0.25, 0.3) is 17.3 Å². The van der Waals surface area contributed by atoms with Crippen molar-refractivity contribution in [3.05, 3.63) is 65.4 Å². The molecule has 1 heterocycles. The number of methoxy groups -OCH3 is 1. The molecule has 3 rings (SSSR count). The maximum Gasteiger partial charge on any atom is 0.174 e. The smallest absolute Gasteiger partial charge is 0.174 e. The summed E-state index contributed by atoms with van der Waals surface area (Å²) in [5.41, 5.74) is 7.90. The van der Waals surface area contributed by atoms with Crippen molar-refractivity contribution in [2.75, 3.05) is 19.5 Å². The van der Waals surface area contributed by atoms with Gasteiger partial charge in [-0.3, -0.25) is 0 Å². The molecule has 8 nitrogen and oxygen atoms in total. The van der Waals surface area contributed by atoms with Crippen LogP contribution in [0, 0.1) is 34.0 Å². The lowest BCUT2D eigenvalue weighted by atomic mass is 10.1. The Morgan fingerprint density at radius 2 is 1.90 bits per heavy atom. The number of nitrogens with two attached hydrogens (primary N) is 1. The molecule has 0 radical (unpaired) electrons. The van der Waals surface area contributed by atoms with Crippen LogP contribution in [0.1, 0.15) is 16.8 Å². The molecule has 0 aliphatic carbocycles. The van der Waals surface area contributed by atoms with E-state index in [1.807, 2.05) is 30.3 Å². The Kier molecular flexibility index (Phi) is 5.98. The summed E-state index contributed by atoms with van der Waals surface area (Å²) in [6.07, 6.45) is 1.58. The summed E-state index contributed by atoms with van der Waals surface area (Å²) in [4.78, 5) is 0. The fraction of sp³-hybridized carbons (Fsp3) is 0.0909. The van der Waals surface area contributed by atoms with Gasteiger partial charge in [-0.25, -0.2) is 4.68 Å². The molecule has 0 aliphatic rings. The number of anilines is 1. The first kappa shape index (κ1) is 20.0. The third-order valence-electron chi connectivity index (χ3n) is 4.20. The van der Waals surface area contributed by atoms with E-state index in [4.69, 9.17) is 20.5 Å². The summed E-state index contributed by atoms with van der Waals surface area (Å²) >= 11 is 0. The number of nitrogens with zero attached hydrogens (tertiary/aromatic N) is 5. The molecule has 30 heavy (non-hydrogen) atoms. The average molecular weight is 396 g/mol. The average Bonchev–Trinajstić information content (AvgIpc) is 3.12. The summed E-state index contributed by atoms with van der Waals surface area (Å²) in [5.74, 6) is 0.967.